The number of carbonyl (C=O) groups excluding carboxylic acids is 1. The summed E-state index contributed by atoms with van der Waals surface area (Å²) in [5.74, 6) is -1.50. The minimum Gasteiger partial charge on any atom is -0.459 e. The number of ether oxygens (including phenoxy) is 1. The van der Waals surface area contributed by atoms with Gasteiger partial charge in [-0.1, -0.05) is 0 Å². The predicted octanol–water partition coefficient (Wildman–Crippen LogP) is 1.23. The van der Waals surface area contributed by atoms with Crippen LogP contribution in [-0.2, 0) is 19.6 Å². The molecule has 0 bridgehead atoms. The van der Waals surface area contributed by atoms with Crippen LogP contribution in [0, 0.1) is 5.82 Å². The van der Waals surface area contributed by atoms with Crippen LogP contribution in [0.25, 0.3) is 0 Å². The van der Waals surface area contributed by atoms with Gasteiger partial charge in [0.05, 0.1) is 6.20 Å². The smallest absolute Gasteiger partial charge is 0.324 e. The second kappa shape index (κ2) is 5.84. The van der Waals surface area contributed by atoms with Crippen LogP contribution in [0.1, 0.15) is 27.7 Å². The SMILES string of the molecule is C[C@H](NS(=O)(=O)c1cncc(F)c1)C(=O)OC(C)(C)C. The number of aromatic nitrogens is 1. The van der Waals surface area contributed by atoms with Gasteiger partial charge >= 0.3 is 5.97 Å². The number of esters is 1. The van der Waals surface area contributed by atoms with Crippen molar-refractivity contribution in [2.24, 2.45) is 0 Å². The van der Waals surface area contributed by atoms with Crippen LogP contribution in [0.2, 0.25) is 0 Å². The summed E-state index contributed by atoms with van der Waals surface area (Å²) in [5.41, 5.74) is -0.725. The fraction of sp³-hybridized carbons (Fsp3) is 0.500. The first-order chi connectivity index (χ1) is 9.01. The number of sulfonamides is 1. The second-order valence-corrected chi connectivity index (χ2v) is 6.93. The van der Waals surface area contributed by atoms with Gasteiger partial charge in [0.2, 0.25) is 10.0 Å². The normalized spacial score (nSPS) is 13.8. The molecule has 0 aromatic carbocycles. The Hall–Kier alpha value is -1.54. The van der Waals surface area contributed by atoms with E-state index in [0.29, 0.717) is 0 Å². The molecule has 1 aromatic heterocycles. The Kier molecular flexibility index (Phi) is 4.82. The number of nitrogens with zero attached hydrogens (tertiary/aromatic N) is 1. The van der Waals surface area contributed by atoms with E-state index in [2.05, 4.69) is 9.71 Å². The van der Waals surface area contributed by atoms with Crippen LogP contribution in [0.4, 0.5) is 4.39 Å². The van der Waals surface area contributed by atoms with E-state index in [1.807, 2.05) is 0 Å². The lowest BCUT2D eigenvalue weighted by Gasteiger charge is -2.22. The average molecular weight is 304 g/mol. The molecule has 0 spiro atoms. The Morgan fingerprint density at radius 2 is 2.00 bits per heavy atom. The quantitative estimate of drug-likeness (QED) is 0.846. The number of halogens is 1. The van der Waals surface area contributed by atoms with Gasteiger partial charge in [0.25, 0.3) is 0 Å². The van der Waals surface area contributed by atoms with Crippen molar-refractivity contribution in [1.29, 1.82) is 0 Å². The molecule has 0 fully saturated rings. The summed E-state index contributed by atoms with van der Waals surface area (Å²) in [7, 11) is -4.04. The fourth-order valence-corrected chi connectivity index (χ4v) is 2.44. The lowest BCUT2D eigenvalue weighted by atomic mass is 10.2. The van der Waals surface area contributed by atoms with Gasteiger partial charge in [-0.2, -0.15) is 4.72 Å². The summed E-state index contributed by atoms with van der Waals surface area (Å²) >= 11 is 0. The monoisotopic (exact) mass is 304 g/mol. The summed E-state index contributed by atoms with van der Waals surface area (Å²) in [6.45, 7) is 6.35. The van der Waals surface area contributed by atoms with E-state index in [1.165, 1.54) is 6.92 Å². The predicted molar refractivity (Wildman–Crippen MR) is 69.8 cm³/mol. The van der Waals surface area contributed by atoms with E-state index < -0.39 is 33.5 Å². The minimum absolute atomic E-state index is 0.354. The summed E-state index contributed by atoms with van der Waals surface area (Å²) in [4.78, 5) is 14.8. The average Bonchev–Trinajstić information content (AvgIpc) is 2.26. The molecule has 8 heteroatoms. The first kappa shape index (κ1) is 16.5. The Morgan fingerprint density at radius 1 is 1.40 bits per heavy atom. The van der Waals surface area contributed by atoms with Crippen molar-refractivity contribution in [2.45, 2.75) is 44.2 Å². The molecule has 0 aliphatic carbocycles. The highest BCUT2D eigenvalue weighted by atomic mass is 32.2. The van der Waals surface area contributed by atoms with Gasteiger partial charge in [-0.25, -0.2) is 12.8 Å². The molecule has 0 radical (unpaired) electrons. The van der Waals surface area contributed by atoms with Crippen LogP contribution in [0.3, 0.4) is 0 Å². The lowest BCUT2D eigenvalue weighted by molar-refractivity contribution is -0.156. The van der Waals surface area contributed by atoms with E-state index in [-0.39, 0.29) is 4.90 Å². The third-order valence-electron chi connectivity index (χ3n) is 2.08. The summed E-state index contributed by atoms with van der Waals surface area (Å²) in [6.07, 6.45) is 1.88. The highest BCUT2D eigenvalue weighted by molar-refractivity contribution is 7.89. The Labute approximate surface area is 117 Å². The summed E-state index contributed by atoms with van der Waals surface area (Å²) in [6, 6.07) is -0.278. The molecule has 0 saturated carbocycles. The summed E-state index contributed by atoms with van der Waals surface area (Å²) < 4.78 is 44.0. The van der Waals surface area contributed by atoms with E-state index in [0.717, 1.165) is 18.5 Å². The highest BCUT2D eigenvalue weighted by Gasteiger charge is 2.26. The number of hydrogen-bond donors (Lipinski definition) is 1. The lowest BCUT2D eigenvalue weighted by Crippen LogP contribution is -2.42. The van der Waals surface area contributed by atoms with Crippen LogP contribution in [0.15, 0.2) is 23.4 Å². The van der Waals surface area contributed by atoms with Gasteiger partial charge in [0.1, 0.15) is 22.4 Å². The molecule has 0 saturated heterocycles. The molecule has 1 atom stereocenters. The van der Waals surface area contributed by atoms with Crippen LogP contribution < -0.4 is 4.72 Å². The zero-order chi connectivity index (χ0) is 15.6. The molecule has 1 rings (SSSR count). The van der Waals surface area contributed by atoms with E-state index >= 15 is 0 Å². The van der Waals surface area contributed by atoms with Crippen molar-refractivity contribution in [3.05, 3.63) is 24.3 Å². The largest absolute Gasteiger partial charge is 0.459 e. The number of carbonyl (C=O) groups is 1. The molecular formula is C12H17FN2O4S. The highest BCUT2D eigenvalue weighted by Crippen LogP contribution is 2.12. The van der Waals surface area contributed by atoms with Crippen molar-refractivity contribution in [3.63, 3.8) is 0 Å². The molecule has 1 heterocycles. The van der Waals surface area contributed by atoms with E-state index in [1.54, 1.807) is 20.8 Å². The van der Waals surface area contributed by atoms with Crippen LogP contribution in [-0.4, -0.2) is 31.0 Å². The Bertz CT molecular complexity index is 596. The van der Waals surface area contributed by atoms with Gasteiger partial charge < -0.3 is 4.74 Å². The van der Waals surface area contributed by atoms with E-state index in [9.17, 15) is 17.6 Å². The fourth-order valence-electron chi connectivity index (χ4n) is 1.28. The molecule has 0 aliphatic heterocycles. The number of nitrogens with one attached hydrogen (secondary N) is 1. The molecule has 112 valence electrons. The molecule has 6 nitrogen and oxygen atoms in total. The standard InChI is InChI=1S/C12H17FN2O4S/c1-8(11(16)19-12(2,3)4)15-20(17,18)10-5-9(13)6-14-7-10/h5-8,15H,1-4H3/t8-/m0/s1. The van der Waals surface area contributed by atoms with Crippen molar-refractivity contribution in [1.82, 2.24) is 9.71 Å². The number of pyridine rings is 1. The molecule has 20 heavy (non-hydrogen) atoms. The van der Waals surface area contributed by atoms with Crippen LogP contribution >= 0.6 is 0 Å². The maximum absolute atomic E-state index is 13.0. The summed E-state index contributed by atoms with van der Waals surface area (Å²) in [5, 5.41) is 0. The third-order valence-corrected chi connectivity index (χ3v) is 3.59. The van der Waals surface area contributed by atoms with Crippen LogP contribution in [0.5, 0.6) is 0 Å². The van der Waals surface area contributed by atoms with Crippen molar-refractivity contribution < 1.29 is 22.3 Å². The second-order valence-electron chi connectivity index (χ2n) is 5.22. The molecular weight excluding hydrogens is 287 g/mol. The molecule has 1 aromatic rings. The molecule has 1 N–H and O–H groups in total. The Balaban J connectivity index is 2.84. The first-order valence-electron chi connectivity index (χ1n) is 5.87. The molecule has 0 amide bonds. The van der Waals surface area contributed by atoms with Crippen molar-refractivity contribution in [3.8, 4) is 0 Å². The maximum Gasteiger partial charge on any atom is 0.324 e. The minimum atomic E-state index is -4.04. The number of rotatable bonds is 4. The van der Waals surface area contributed by atoms with Gasteiger partial charge in [-0.3, -0.25) is 9.78 Å². The molecule has 0 unspecified atom stereocenters. The third kappa shape index (κ3) is 4.86. The van der Waals surface area contributed by atoms with Crippen molar-refractivity contribution >= 4 is 16.0 Å². The Morgan fingerprint density at radius 3 is 2.50 bits per heavy atom. The van der Waals surface area contributed by atoms with E-state index in [4.69, 9.17) is 4.74 Å². The topological polar surface area (TPSA) is 85.4 Å². The number of hydrogen-bond acceptors (Lipinski definition) is 5. The van der Waals surface area contributed by atoms with Crippen molar-refractivity contribution in [2.75, 3.05) is 0 Å². The van der Waals surface area contributed by atoms with Gasteiger partial charge in [-0.15, -0.1) is 0 Å². The first-order valence-corrected chi connectivity index (χ1v) is 7.35. The van der Waals surface area contributed by atoms with Gasteiger partial charge in [0.15, 0.2) is 0 Å². The zero-order valence-electron chi connectivity index (χ0n) is 11.7. The van der Waals surface area contributed by atoms with Gasteiger partial charge in [-0.05, 0) is 33.8 Å². The maximum atomic E-state index is 13.0. The van der Waals surface area contributed by atoms with Gasteiger partial charge in [0, 0.05) is 6.20 Å². The zero-order valence-corrected chi connectivity index (χ0v) is 12.5. The molecule has 0 aliphatic rings.